The summed E-state index contributed by atoms with van der Waals surface area (Å²) in [6.07, 6.45) is 11.8. The Morgan fingerprint density at radius 1 is 1.04 bits per heavy atom. The molecule has 3 heteroatoms. The number of rotatable bonds is 2. The summed E-state index contributed by atoms with van der Waals surface area (Å²) >= 11 is 0. The zero-order chi connectivity index (χ0) is 19.0. The molecule has 0 aromatic heterocycles. The van der Waals surface area contributed by atoms with Gasteiger partial charge >= 0.3 is 5.97 Å². The molecule has 1 N–H and O–H groups in total. The molecule has 0 aliphatic heterocycles. The molecule has 6 atom stereocenters. The number of aliphatic carboxylic acids is 1. The van der Waals surface area contributed by atoms with E-state index in [4.69, 9.17) is 0 Å². The van der Waals surface area contributed by atoms with Crippen molar-refractivity contribution in [1.29, 1.82) is 0 Å². The van der Waals surface area contributed by atoms with Gasteiger partial charge in [0.1, 0.15) is 0 Å². The van der Waals surface area contributed by atoms with Gasteiger partial charge in [-0.3, -0.25) is 9.59 Å². The van der Waals surface area contributed by atoms with E-state index in [1.54, 1.807) is 6.92 Å². The summed E-state index contributed by atoms with van der Waals surface area (Å²) in [7, 11) is 0. The number of hydrogen-bond donors (Lipinski definition) is 1. The smallest absolute Gasteiger partial charge is 0.309 e. The van der Waals surface area contributed by atoms with E-state index < -0.39 is 11.4 Å². The van der Waals surface area contributed by atoms with Crippen LogP contribution in [-0.4, -0.2) is 16.9 Å². The van der Waals surface area contributed by atoms with Crippen molar-refractivity contribution in [2.24, 2.45) is 33.5 Å². The van der Waals surface area contributed by atoms with E-state index in [9.17, 15) is 14.7 Å². The van der Waals surface area contributed by atoms with Gasteiger partial charge < -0.3 is 5.11 Å². The second kappa shape index (κ2) is 5.45. The third kappa shape index (κ3) is 2.24. The topological polar surface area (TPSA) is 54.4 Å². The Morgan fingerprint density at radius 3 is 2.38 bits per heavy atom. The van der Waals surface area contributed by atoms with Crippen molar-refractivity contribution in [3.05, 3.63) is 11.6 Å². The van der Waals surface area contributed by atoms with Crippen LogP contribution in [0.5, 0.6) is 0 Å². The van der Waals surface area contributed by atoms with Crippen molar-refractivity contribution in [2.75, 3.05) is 0 Å². The minimum absolute atomic E-state index is 0.136. The second-order valence-electron chi connectivity index (χ2n) is 10.8. The first-order chi connectivity index (χ1) is 12.1. The summed E-state index contributed by atoms with van der Waals surface area (Å²) in [6, 6.07) is 0. The molecule has 4 aliphatic rings. The molecule has 0 aromatic carbocycles. The zero-order valence-electron chi connectivity index (χ0n) is 16.9. The van der Waals surface area contributed by atoms with Gasteiger partial charge in [0, 0.05) is 0 Å². The van der Waals surface area contributed by atoms with Gasteiger partial charge in [0.25, 0.3) is 0 Å². The molecule has 4 fully saturated rings. The fourth-order valence-electron chi connectivity index (χ4n) is 8.33. The van der Waals surface area contributed by atoms with Crippen molar-refractivity contribution < 1.29 is 14.7 Å². The lowest BCUT2D eigenvalue weighted by molar-refractivity contribution is -0.182. The Bertz CT molecular complexity index is 694. The highest BCUT2D eigenvalue weighted by molar-refractivity contribution is 5.88. The zero-order valence-corrected chi connectivity index (χ0v) is 16.9. The average Bonchev–Trinajstić information content (AvgIpc) is 2.72. The fraction of sp³-hybridized carbons (Fsp3) is 0.826. The molecule has 0 aromatic rings. The van der Waals surface area contributed by atoms with Gasteiger partial charge in [-0.2, -0.15) is 0 Å². The molecule has 3 nitrogen and oxygen atoms in total. The predicted molar refractivity (Wildman–Crippen MR) is 102 cm³/mol. The fourth-order valence-corrected chi connectivity index (χ4v) is 8.33. The maximum Gasteiger partial charge on any atom is 0.309 e. The summed E-state index contributed by atoms with van der Waals surface area (Å²) < 4.78 is 0. The Labute approximate surface area is 157 Å². The standard InChI is InChI=1S/C23H34O3/c1-15(24)12-16-13-23-11-7-17-21(3,8-5-9-22(17,4)19(25)26)18(23)6-10-20(16,2)14-23/h12,17-18H,5-11,13-14H2,1-4H3,(H,25,26)/t17-,18-,20-,21+,22?,23+/m1/s1. The quantitative estimate of drug-likeness (QED) is 0.673. The maximum absolute atomic E-state index is 12.2. The summed E-state index contributed by atoms with van der Waals surface area (Å²) in [6.45, 7) is 8.46. The highest BCUT2D eigenvalue weighted by Gasteiger charge is 2.67. The first kappa shape index (κ1) is 18.3. The molecule has 0 heterocycles. The first-order valence-electron chi connectivity index (χ1n) is 10.5. The van der Waals surface area contributed by atoms with E-state index >= 15 is 0 Å². The van der Waals surface area contributed by atoms with Crippen LogP contribution < -0.4 is 0 Å². The molecule has 0 saturated heterocycles. The van der Waals surface area contributed by atoms with Crippen LogP contribution in [0.15, 0.2) is 11.6 Å². The molecule has 0 radical (unpaired) electrons. The van der Waals surface area contributed by atoms with E-state index in [1.165, 1.54) is 24.8 Å². The Morgan fingerprint density at radius 2 is 1.73 bits per heavy atom. The molecular formula is C23H34O3. The van der Waals surface area contributed by atoms with Crippen molar-refractivity contribution >= 4 is 11.8 Å². The van der Waals surface area contributed by atoms with Crippen molar-refractivity contribution in [1.82, 2.24) is 0 Å². The molecule has 1 unspecified atom stereocenters. The molecule has 2 bridgehead atoms. The van der Waals surface area contributed by atoms with Crippen LogP contribution >= 0.6 is 0 Å². The highest BCUT2D eigenvalue weighted by Crippen LogP contribution is 2.74. The molecular weight excluding hydrogens is 324 g/mol. The number of carbonyl (C=O) groups is 2. The third-order valence-corrected chi connectivity index (χ3v) is 9.35. The molecule has 1 spiro atoms. The SMILES string of the molecule is CC(=O)C=C1C[C@]23CC[C@H]4C(C)(C(=O)O)CCC[C@]4(C)[C@H]2CC[C@]1(C)C3. The minimum atomic E-state index is -0.589. The van der Waals surface area contributed by atoms with E-state index in [0.717, 1.165) is 38.5 Å². The highest BCUT2D eigenvalue weighted by atomic mass is 16.4. The number of allylic oxidation sites excluding steroid dienone is 2. The van der Waals surface area contributed by atoms with Crippen molar-refractivity contribution in [3.8, 4) is 0 Å². The normalized spacial score (nSPS) is 51.6. The predicted octanol–water partition coefficient (Wildman–Crippen LogP) is 5.39. The van der Waals surface area contributed by atoms with Gasteiger partial charge in [0.15, 0.2) is 5.78 Å². The number of carboxylic acid groups (broad SMARTS) is 1. The number of ketones is 1. The van der Waals surface area contributed by atoms with Gasteiger partial charge in [-0.1, -0.05) is 25.8 Å². The second-order valence-corrected chi connectivity index (χ2v) is 10.8. The van der Waals surface area contributed by atoms with Gasteiger partial charge in [-0.15, -0.1) is 0 Å². The summed E-state index contributed by atoms with van der Waals surface area (Å²) in [5.74, 6) is 0.493. The maximum atomic E-state index is 12.2. The van der Waals surface area contributed by atoms with Gasteiger partial charge in [-0.05, 0) is 99.4 Å². The summed E-state index contributed by atoms with van der Waals surface area (Å²) in [4.78, 5) is 24.0. The Kier molecular flexibility index (Phi) is 3.83. The Balaban J connectivity index is 1.74. The molecule has 4 aliphatic carbocycles. The van der Waals surface area contributed by atoms with E-state index in [-0.39, 0.29) is 16.6 Å². The lowest BCUT2D eigenvalue weighted by Gasteiger charge is -2.63. The lowest BCUT2D eigenvalue weighted by Crippen LogP contribution is -2.58. The lowest BCUT2D eigenvalue weighted by atomic mass is 9.40. The third-order valence-electron chi connectivity index (χ3n) is 9.35. The molecule has 0 amide bonds. The Hall–Kier alpha value is -1.12. The van der Waals surface area contributed by atoms with E-state index in [1.807, 2.05) is 13.0 Å². The molecule has 144 valence electrons. The number of fused-ring (bicyclic) bond motifs is 3. The molecule has 26 heavy (non-hydrogen) atoms. The van der Waals surface area contributed by atoms with Crippen LogP contribution in [0.4, 0.5) is 0 Å². The number of carbonyl (C=O) groups excluding carboxylic acids is 1. The van der Waals surface area contributed by atoms with Gasteiger partial charge in [0.2, 0.25) is 0 Å². The summed E-state index contributed by atoms with van der Waals surface area (Å²) in [5, 5.41) is 10.0. The van der Waals surface area contributed by atoms with E-state index in [0.29, 0.717) is 17.3 Å². The van der Waals surface area contributed by atoms with Gasteiger partial charge in [-0.25, -0.2) is 0 Å². The first-order valence-corrected chi connectivity index (χ1v) is 10.5. The largest absolute Gasteiger partial charge is 0.481 e. The van der Waals surface area contributed by atoms with Gasteiger partial charge in [0.05, 0.1) is 5.41 Å². The van der Waals surface area contributed by atoms with Crippen LogP contribution in [0.3, 0.4) is 0 Å². The van der Waals surface area contributed by atoms with Crippen LogP contribution in [0.2, 0.25) is 0 Å². The molecule has 4 saturated carbocycles. The van der Waals surface area contributed by atoms with Crippen molar-refractivity contribution in [3.63, 3.8) is 0 Å². The summed E-state index contributed by atoms with van der Waals surface area (Å²) in [5.41, 5.74) is 1.45. The van der Waals surface area contributed by atoms with Crippen LogP contribution in [0, 0.1) is 33.5 Å². The average molecular weight is 359 g/mol. The number of hydrogen-bond acceptors (Lipinski definition) is 2. The van der Waals surface area contributed by atoms with Crippen LogP contribution in [0.1, 0.15) is 85.5 Å². The van der Waals surface area contributed by atoms with Crippen LogP contribution in [-0.2, 0) is 9.59 Å². The monoisotopic (exact) mass is 358 g/mol. The minimum Gasteiger partial charge on any atom is -0.481 e. The van der Waals surface area contributed by atoms with Crippen molar-refractivity contribution in [2.45, 2.75) is 85.5 Å². The van der Waals surface area contributed by atoms with Crippen LogP contribution in [0.25, 0.3) is 0 Å². The van der Waals surface area contributed by atoms with E-state index in [2.05, 4.69) is 13.8 Å². The molecule has 4 rings (SSSR count). The number of carboxylic acids is 1.